The number of halogens is 1. The van der Waals surface area contributed by atoms with Gasteiger partial charge in [0, 0.05) is 12.1 Å². The third-order valence-corrected chi connectivity index (χ3v) is 2.04. The number of nitrogens with one attached hydrogen (secondary N) is 1. The predicted molar refractivity (Wildman–Crippen MR) is 70.4 cm³/mol. The molecule has 0 spiro atoms. The van der Waals surface area contributed by atoms with E-state index in [0.717, 1.165) is 6.54 Å². The zero-order valence-corrected chi connectivity index (χ0v) is 10.5. The molecule has 0 aliphatic rings. The molecule has 0 saturated carbocycles. The van der Waals surface area contributed by atoms with E-state index in [1.807, 2.05) is 6.08 Å². The van der Waals surface area contributed by atoms with Crippen molar-refractivity contribution in [1.82, 2.24) is 5.32 Å². The Kier molecular flexibility index (Phi) is 5.63. The Bertz CT molecular complexity index is 295. The van der Waals surface area contributed by atoms with Crippen LogP contribution in [0.15, 0.2) is 30.8 Å². The molecule has 1 aromatic carbocycles. The minimum atomic E-state index is 0. The maximum atomic E-state index is 3.73. The van der Waals surface area contributed by atoms with Gasteiger partial charge in [0.05, 0.1) is 0 Å². The van der Waals surface area contributed by atoms with Crippen LogP contribution in [0, 0.1) is 0 Å². The van der Waals surface area contributed by atoms with Crippen LogP contribution >= 0.6 is 12.4 Å². The van der Waals surface area contributed by atoms with Gasteiger partial charge in [0.2, 0.25) is 0 Å². The number of rotatable bonds is 3. The van der Waals surface area contributed by atoms with E-state index >= 15 is 0 Å². The van der Waals surface area contributed by atoms with Crippen LogP contribution in [-0.2, 0) is 6.54 Å². The van der Waals surface area contributed by atoms with E-state index in [9.17, 15) is 0 Å². The summed E-state index contributed by atoms with van der Waals surface area (Å²) in [6, 6.07) is 8.45. The van der Waals surface area contributed by atoms with E-state index in [2.05, 4.69) is 56.9 Å². The van der Waals surface area contributed by atoms with Crippen molar-refractivity contribution in [2.45, 2.75) is 32.9 Å². The molecular formula is C13H20ClN. The van der Waals surface area contributed by atoms with E-state index < -0.39 is 0 Å². The van der Waals surface area contributed by atoms with Crippen LogP contribution in [0.5, 0.6) is 0 Å². The molecule has 1 N–H and O–H groups in total. The molecule has 2 heteroatoms. The van der Waals surface area contributed by atoms with E-state index in [1.165, 1.54) is 11.1 Å². The molecular weight excluding hydrogens is 206 g/mol. The smallest absolute Gasteiger partial charge is 0.0210 e. The van der Waals surface area contributed by atoms with E-state index in [0.29, 0.717) is 0 Å². The molecule has 1 rings (SSSR count). The second-order valence-electron chi connectivity index (χ2n) is 4.55. The highest BCUT2D eigenvalue weighted by molar-refractivity contribution is 5.85. The molecule has 0 aliphatic heterocycles. The third-order valence-electron chi connectivity index (χ3n) is 2.04. The summed E-state index contributed by atoms with van der Waals surface area (Å²) < 4.78 is 0. The zero-order chi connectivity index (χ0) is 10.6. The molecule has 84 valence electrons. The SMILES string of the molecule is C=Cc1ccc(CNC(C)(C)C)cc1.Cl. The Morgan fingerprint density at radius 3 is 2.13 bits per heavy atom. The first kappa shape index (κ1) is 14.2. The van der Waals surface area contributed by atoms with Crippen molar-refractivity contribution in [2.24, 2.45) is 0 Å². The van der Waals surface area contributed by atoms with Crippen LogP contribution in [-0.4, -0.2) is 5.54 Å². The first-order valence-electron chi connectivity index (χ1n) is 4.98. The fourth-order valence-electron chi connectivity index (χ4n) is 1.14. The fraction of sp³-hybridized carbons (Fsp3) is 0.385. The zero-order valence-electron chi connectivity index (χ0n) is 9.71. The summed E-state index contributed by atoms with van der Waals surface area (Å²) >= 11 is 0. The summed E-state index contributed by atoms with van der Waals surface area (Å²) in [6.45, 7) is 11.2. The lowest BCUT2D eigenvalue weighted by atomic mass is 10.1. The third kappa shape index (κ3) is 5.60. The molecule has 0 aromatic heterocycles. The van der Waals surface area contributed by atoms with E-state index in [1.54, 1.807) is 0 Å². The molecule has 0 heterocycles. The Balaban J connectivity index is 0.00000196. The molecule has 0 amide bonds. The van der Waals surface area contributed by atoms with Crippen LogP contribution in [0.2, 0.25) is 0 Å². The van der Waals surface area contributed by atoms with Gasteiger partial charge in [-0.3, -0.25) is 0 Å². The highest BCUT2D eigenvalue weighted by atomic mass is 35.5. The van der Waals surface area contributed by atoms with Gasteiger partial charge in [-0.15, -0.1) is 12.4 Å². The molecule has 0 fully saturated rings. The molecule has 1 nitrogen and oxygen atoms in total. The van der Waals surface area contributed by atoms with Crippen molar-refractivity contribution in [2.75, 3.05) is 0 Å². The molecule has 0 aliphatic carbocycles. The molecule has 0 atom stereocenters. The van der Waals surface area contributed by atoms with Crippen molar-refractivity contribution in [3.63, 3.8) is 0 Å². The lowest BCUT2D eigenvalue weighted by Gasteiger charge is -2.20. The Morgan fingerprint density at radius 1 is 1.20 bits per heavy atom. The highest BCUT2D eigenvalue weighted by Crippen LogP contribution is 2.07. The van der Waals surface area contributed by atoms with Gasteiger partial charge in [-0.05, 0) is 31.9 Å². The van der Waals surface area contributed by atoms with Crippen LogP contribution in [0.1, 0.15) is 31.9 Å². The van der Waals surface area contributed by atoms with E-state index in [-0.39, 0.29) is 17.9 Å². The van der Waals surface area contributed by atoms with Gasteiger partial charge in [-0.2, -0.15) is 0 Å². The second-order valence-corrected chi connectivity index (χ2v) is 4.55. The van der Waals surface area contributed by atoms with Crippen molar-refractivity contribution in [3.8, 4) is 0 Å². The molecule has 15 heavy (non-hydrogen) atoms. The lowest BCUT2D eigenvalue weighted by Crippen LogP contribution is -2.35. The van der Waals surface area contributed by atoms with Gasteiger partial charge in [-0.25, -0.2) is 0 Å². The standard InChI is InChI=1S/C13H19N.ClH/c1-5-11-6-8-12(9-7-11)10-14-13(2,3)4;/h5-9,14H,1,10H2,2-4H3;1H. The summed E-state index contributed by atoms with van der Waals surface area (Å²) in [5.41, 5.74) is 2.66. The van der Waals surface area contributed by atoms with Crippen LogP contribution < -0.4 is 5.32 Å². The van der Waals surface area contributed by atoms with Crippen molar-refractivity contribution < 1.29 is 0 Å². The number of hydrogen-bond acceptors (Lipinski definition) is 1. The summed E-state index contributed by atoms with van der Waals surface area (Å²) in [6.07, 6.45) is 1.86. The summed E-state index contributed by atoms with van der Waals surface area (Å²) in [7, 11) is 0. The van der Waals surface area contributed by atoms with Crippen LogP contribution in [0.3, 0.4) is 0 Å². The average molecular weight is 226 g/mol. The maximum absolute atomic E-state index is 3.73. The molecule has 0 radical (unpaired) electrons. The van der Waals surface area contributed by atoms with Crippen LogP contribution in [0.25, 0.3) is 6.08 Å². The Hall–Kier alpha value is -0.790. The monoisotopic (exact) mass is 225 g/mol. The highest BCUT2D eigenvalue weighted by Gasteiger charge is 2.07. The summed E-state index contributed by atoms with van der Waals surface area (Å²) in [5.74, 6) is 0. The predicted octanol–water partition coefficient (Wildman–Crippen LogP) is 3.64. The van der Waals surface area contributed by atoms with Crippen molar-refractivity contribution in [1.29, 1.82) is 0 Å². The topological polar surface area (TPSA) is 12.0 Å². The number of benzene rings is 1. The molecule has 0 unspecified atom stereocenters. The Morgan fingerprint density at radius 2 is 1.73 bits per heavy atom. The Labute approximate surface area is 99.0 Å². The first-order chi connectivity index (χ1) is 6.51. The quantitative estimate of drug-likeness (QED) is 0.828. The largest absolute Gasteiger partial charge is 0.308 e. The van der Waals surface area contributed by atoms with Gasteiger partial charge in [-0.1, -0.05) is 36.9 Å². The number of hydrogen-bond donors (Lipinski definition) is 1. The normalized spacial score (nSPS) is 10.6. The summed E-state index contributed by atoms with van der Waals surface area (Å²) in [5, 5.41) is 3.45. The maximum Gasteiger partial charge on any atom is 0.0210 e. The van der Waals surface area contributed by atoms with Crippen molar-refractivity contribution >= 4 is 18.5 Å². The fourth-order valence-corrected chi connectivity index (χ4v) is 1.14. The van der Waals surface area contributed by atoms with Gasteiger partial charge >= 0.3 is 0 Å². The molecule has 0 saturated heterocycles. The first-order valence-corrected chi connectivity index (χ1v) is 4.98. The summed E-state index contributed by atoms with van der Waals surface area (Å²) in [4.78, 5) is 0. The van der Waals surface area contributed by atoms with Gasteiger partial charge in [0.15, 0.2) is 0 Å². The van der Waals surface area contributed by atoms with Gasteiger partial charge in [0.25, 0.3) is 0 Å². The molecule has 0 bridgehead atoms. The van der Waals surface area contributed by atoms with Gasteiger partial charge < -0.3 is 5.32 Å². The van der Waals surface area contributed by atoms with Crippen LogP contribution in [0.4, 0.5) is 0 Å². The second kappa shape index (κ2) is 5.94. The minimum absolute atomic E-state index is 0. The average Bonchev–Trinajstić information content (AvgIpc) is 2.14. The minimum Gasteiger partial charge on any atom is -0.308 e. The van der Waals surface area contributed by atoms with Crippen molar-refractivity contribution in [3.05, 3.63) is 42.0 Å². The lowest BCUT2D eigenvalue weighted by molar-refractivity contribution is 0.424. The van der Waals surface area contributed by atoms with E-state index in [4.69, 9.17) is 0 Å². The van der Waals surface area contributed by atoms with Gasteiger partial charge in [0.1, 0.15) is 0 Å². The molecule has 1 aromatic rings.